The first-order valence-electron chi connectivity index (χ1n) is 5.67. The first-order chi connectivity index (χ1) is 7.19. The van der Waals surface area contributed by atoms with Gasteiger partial charge in [0, 0.05) is 6.42 Å². The molecule has 0 aliphatic heterocycles. The highest BCUT2D eigenvalue weighted by Crippen LogP contribution is 2.91. The third-order valence-electron chi connectivity index (χ3n) is 5.77. The lowest BCUT2D eigenvalue weighted by atomic mass is 9.66. The first kappa shape index (κ1) is 10.7. The molecule has 4 nitrogen and oxygen atoms in total. The van der Waals surface area contributed by atoms with E-state index in [4.69, 9.17) is 4.55 Å². The van der Waals surface area contributed by atoms with E-state index in [1.165, 1.54) is 0 Å². The number of hydrogen-bond acceptors (Lipinski definition) is 3. The van der Waals surface area contributed by atoms with Crippen molar-refractivity contribution in [2.75, 3.05) is 5.75 Å². The Kier molecular flexibility index (Phi) is 1.60. The molecule has 90 valence electrons. The van der Waals surface area contributed by atoms with E-state index in [1.807, 2.05) is 13.8 Å². The number of hydrogen-bond donors (Lipinski definition) is 1. The Bertz CT molecular complexity index is 492. The summed E-state index contributed by atoms with van der Waals surface area (Å²) in [5.41, 5.74) is -1.16. The number of Topliss-reactive ketones (excluding diaryl/α,β-unsaturated/α-hetero) is 1. The van der Waals surface area contributed by atoms with E-state index >= 15 is 0 Å². The Hall–Kier alpha value is -0.420. The van der Waals surface area contributed by atoms with Crippen LogP contribution in [0.25, 0.3) is 0 Å². The van der Waals surface area contributed by atoms with Gasteiger partial charge < -0.3 is 0 Å². The molecule has 2 unspecified atom stereocenters. The van der Waals surface area contributed by atoms with E-state index in [2.05, 4.69) is 0 Å². The number of carbonyl (C=O) groups is 1. The minimum Gasteiger partial charge on any atom is -0.299 e. The summed E-state index contributed by atoms with van der Waals surface area (Å²) in [6, 6.07) is 0. The molecule has 3 aliphatic rings. The summed E-state index contributed by atoms with van der Waals surface area (Å²) in [6.45, 7) is 3.95. The van der Waals surface area contributed by atoms with Gasteiger partial charge in [-0.3, -0.25) is 9.35 Å². The van der Waals surface area contributed by atoms with Crippen LogP contribution in [0.3, 0.4) is 0 Å². The van der Waals surface area contributed by atoms with Gasteiger partial charge in [0.25, 0.3) is 10.1 Å². The quantitative estimate of drug-likeness (QED) is 0.742. The lowest BCUT2D eigenvalue weighted by molar-refractivity contribution is -0.123. The molecule has 3 saturated carbocycles. The molecule has 0 radical (unpaired) electrons. The van der Waals surface area contributed by atoms with Crippen LogP contribution in [0.1, 0.15) is 33.1 Å². The smallest absolute Gasteiger partial charge is 0.265 e. The molecule has 5 heteroatoms. The Morgan fingerprint density at radius 2 is 2.06 bits per heavy atom. The zero-order valence-corrected chi connectivity index (χ0v) is 10.3. The highest BCUT2D eigenvalue weighted by atomic mass is 32.2. The molecule has 3 aliphatic carbocycles. The molecule has 3 rings (SSSR count). The molecule has 3 fully saturated rings. The maximum Gasteiger partial charge on any atom is 0.265 e. The maximum atomic E-state index is 12.1. The molecule has 1 N–H and O–H groups in total. The maximum absolute atomic E-state index is 12.1. The SMILES string of the molecule is CC1(C)C23CCC2CC(=O)[C@]13CS(=O)(=O)O. The number of carbonyl (C=O) groups excluding carboxylic acids is 1. The highest BCUT2D eigenvalue weighted by Gasteiger charge is 2.92. The third-order valence-corrected chi connectivity index (χ3v) is 6.57. The third kappa shape index (κ3) is 0.777. The first-order valence-corrected chi connectivity index (χ1v) is 7.28. The van der Waals surface area contributed by atoms with Gasteiger partial charge in [-0.05, 0) is 29.6 Å². The van der Waals surface area contributed by atoms with Crippen LogP contribution < -0.4 is 0 Å². The molecule has 0 heterocycles. The molecule has 0 aromatic carbocycles. The topological polar surface area (TPSA) is 71.4 Å². The molecule has 16 heavy (non-hydrogen) atoms. The minimum absolute atomic E-state index is 0.0534. The molecule has 0 bridgehead atoms. The molecule has 1 spiro atoms. The van der Waals surface area contributed by atoms with E-state index in [0.29, 0.717) is 12.3 Å². The van der Waals surface area contributed by atoms with Crippen LogP contribution in [0.15, 0.2) is 0 Å². The van der Waals surface area contributed by atoms with Gasteiger partial charge >= 0.3 is 0 Å². The zero-order chi connectivity index (χ0) is 12.0. The predicted octanol–water partition coefficient (Wildman–Crippen LogP) is 1.27. The molecule has 3 atom stereocenters. The highest BCUT2D eigenvalue weighted by molar-refractivity contribution is 7.85. The van der Waals surface area contributed by atoms with Gasteiger partial charge in [-0.25, -0.2) is 0 Å². The normalized spacial score (nSPS) is 48.2. The van der Waals surface area contributed by atoms with Crippen LogP contribution in [0.2, 0.25) is 0 Å². The van der Waals surface area contributed by atoms with Crippen molar-refractivity contribution in [3.8, 4) is 0 Å². The Morgan fingerprint density at radius 3 is 2.44 bits per heavy atom. The van der Waals surface area contributed by atoms with Crippen LogP contribution >= 0.6 is 0 Å². The summed E-state index contributed by atoms with van der Waals surface area (Å²) in [4.78, 5) is 12.1. The van der Waals surface area contributed by atoms with E-state index in [0.717, 1.165) is 12.8 Å². The lowest BCUT2D eigenvalue weighted by Gasteiger charge is -2.37. The van der Waals surface area contributed by atoms with Crippen LogP contribution in [0.4, 0.5) is 0 Å². The molecule has 0 amide bonds. The Labute approximate surface area is 95.2 Å². The molecular weight excluding hydrogens is 228 g/mol. The average Bonchev–Trinajstić information content (AvgIpc) is 2.44. The van der Waals surface area contributed by atoms with Gasteiger partial charge in [0.05, 0.1) is 11.2 Å². The number of ketones is 1. The van der Waals surface area contributed by atoms with Crippen LogP contribution in [0, 0.1) is 22.2 Å². The van der Waals surface area contributed by atoms with E-state index in [9.17, 15) is 13.2 Å². The summed E-state index contributed by atoms with van der Waals surface area (Å²) in [7, 11) is -4.08. The predicted molar refractivity (Wildman–Crippen MR) is 57.4 cm³/mol. The fourth-order valence-corrected chi connectivity index (χ4v) is 6.38. The summed E-state index contributed by atoms with van der Waals surface area (Å²) in [5, 5.41) is 0. The van der Waals surface area contributed by atoms with Gasteiger partial charge in [0.2, 0.25) is 0 Å². The van der Waals surface area contributed by atoms with Crippen molar-refractivity contribution < 1.29 is 17.8 Å². The van der Waals surface area contributed by atoms with Crippen molar-refractivity contribution in [2.24, 2.45) is 22.2 Å². The van der Waals surface area contributed by atoms with E-state index in [-0.39, 0.29) is 22.4 Å². The van der Waals surface area contributed by atoms with E-state index in [1.54, 1.807) is 0 Å². The average molecular weight is 244 g/mol. The van der Waals surface area contributed by atoms with Crippen LogP contribution in [0.5, 0.6) is 0 Å². The van der Waals surface area contributed by atoms with Crippen molar-refractivity contribution in [1.29, 1.82) is 0 Å². The summed E-state index contributed by atoms with van der Waals surface area (Å²) >= 11 is 0. The van der Waals surface area contributed by atoms with E-state index < -0.39 is 15.5 Å². The fraction of sp³-hybridized carbons (Fsp3) is 0.909. The Balaban J connectivity index is 2.10. The Morgan fingerprint density at radius 1 is 1.44 bits per heavy atom. The van der Waals surface area contributed by atoms with Gasteiger partial charge in [0.15, 0.2) is 0 Å². The van der Waals surface area contributed by atoms with Gasteiger partial charge in [-0.15, -0.1) is 0 Å². The minimum atomic E-state index is -4.08. The standard InChI is InChI=1S/C11H16O4S/c1-9(2)10-4-3-7(10)5-8(12)11(9,10)6-16(13,14)15/h7H,3-6H2,1-2H3,(H,13,14,15)/t7?,10?,11-/m1/s1. The van der Waals surface area contributed by atoms with Crippen molar-refractivity contribution in [3.63, 3.8) is 0 Å². The number of rotatable bonds is 2. The molecule has 0 aromatic rings. The zero-order valence-electron chi connectivity index (χ0n) is 9.49. The van der Waals surface area contributed by atoms with Crippen molar-refractivity contribution in [1.82, 2.24) is 0 Å². The van der Waals surface area contributed by atoms with Crippen molar-refractivity contribution in [3.05, 3.63) is 0 Å². The summed E-state index contributed by atoms with van der Waals surface area (Å²) in [6.07, 6.45) is 2.48. The molecular formula is C11H16O4S. The summed E-state index contributed by atoms with van der Waals surface area (Å²) in [5.74, 6) is 0.0388. The van der Waals surface area contributed by atoms with Gasteiger partial charge in [-0.2, -0.15) is 8.42 Å². The second-order valence-electron chi connectivity index (χ2n) is 6.09. The van der Waals surface area contributed by atoms with Crippen molar-refractivity contribution in [2.45, 2.75) is 33.1 Å². The van der Waals surface area contributed by atoms with Gasteiger partial charge in [-0.1, -0.05) is 13.8 Å². The lowest BCUT2D eigenvalue weighted by Crippen LogP contribution is -2.31. The second-order valence-corrected chi connectivity index (χ2v) is 7.54. The van der Waals surface area contributed by atoms with Crippen LogP contribution in [-0.2, 0) is 14.9 Å². The molecule has 0 saturated heterocycles. The largest absolute Gasteiger partial charge is 0.299 e. The second kappa shape index (κ2) is 2.38. The van der Waals surface area contributed by atoms with Gasteiger partial charge in [0.1, 0.15) is 5.78 Å². The monoisotopic (exact) mass is 244 g/mol. The molecule has 0 aromatic heterocycles. The summed E-state index contributed by atoms with van der Waals surface area (Å²) < 4.78 is 31.3. The van der Waals surface area contributed by atoms with Crippen molar-refractivity contribution >= 4 is 15.9 Å². The fourth-order valence-electron chi connectivity index (χ4n) is 5.05. The van der Waals surface area contributed by atoms with Crippen LogP contribution in [-0.4, -0.2) is 24.5 Å².